The van der Waals surface area contributed by atoms with E-state index in [0.29, 0.717) is 18.3 Å². The maximum Gasteiger partial charge on any atom is 0.358 e. The number of likely N-dealkylation sites (N-methyl/N-ethyl adjacent to an activating group) is 1. The van der Waals surface area contributed by atoms with E-state index < -0.39 is 0 Å². The maximum absolute atomic E-state index is 11.7. The van der Waals surface area contributed by atoms with E-state index >= 15 is 0 Å². The Morgan fingerprint density at radius 2 is 2.42 bits per heavy atom. The highest BCUT2D eigenvalue weighted by Crippen LogP contribution is 2.23. The molecule has 0 radical (unpaired) electrons. The van der Waals surface area contributed by atoms with E-state index in [9.17, 15) is 4.79 Å². The number of aryl methyl sites for hydroxylation is 1. The number of carbonyl (C=O) groups is 1. The molecule has 1 saturated heterocycles. The molecule has 1 aliphatic heterocycles. The van der Waals surface area contributed by atoms with Crippen molar-refractivity contribution in [2.24, 2.45) is 0 Å². The molecule has 2 heterocycles. The van der Waals surface area contributed by atoms with E-state index in [1.54, 1.807) is 6.92 Å². The lowest BCUT2D eigenvalue weighted by Crippen LogP contribution is -2.31. The van der Waals surface area contributed by atoms with Crippen molar-refractivity contribution in [2.45, 2.75) is 32.7 Å². The van der Waals surface area contributed by atoms with Gasteiger partial charge in [0.1, 0.15) is 0 Å². The molecule has 0 amide bonds. The fraction of sp³-hybridized carbons (Fsp3) is 0.692. The molecular weight excluding hydrogens is 262 g/mol. The first-order valence-electron chi connectivity index (χ1n) is 6.70. The summed E-state index contributed by atoms with van der Waals surface area (Å²) in [4.78, 5) is 19.3. The van der Waals surface area contributed by atoms with Crippen molar-refractivity contribution in [1.82, 2.24) is 9.88 Å². The van der Waals surface area contributed by atoms with E-state index in [1.807, 2.05) is 6.92 Å². The quantitative estimate of drug-likeness (QED) is 0.839. The lowest BCUT2D eigenvalue weighted by molar-refractivity contribution is 0.0519. The van der Waals surface area contributed by atoms with Crippen LogP contribution in [0.15, 0.2) is 0 Å². The van der Waals surface area contributed by atoms with Crippen molar-refractivity contribution in [2.75, 3.05) is 32.1 Å². The number of ether oxygens (including phenoxy) is 1. The number of rotatable bonds is 5. The third-order valence-electron chi connectivity index (χ3n) is 3.43. The molecule has 0 bridgehead atoms. The summed E-state index contributed by atoms with van der Waals surface area (Å²) in [6.45, 7) is 6.12. The number of nitrogens with one attached hydrogen (secondary N) is 1. The molecule has 19 heavy (non-hydrogen) atoms. The van der Waals surface area contributed by atoms with Crippen LogP contribution in [0.5, 0.6) is 0 Å². The van der Waals surface area contributed by atoms with Gasteiger partial charge in [-0.05, 0) is 40.3 Å². The van der Waals surface area contributed by atoms with E-state index in [4.69, 9.17) is 4.74 Å². The number of likely N-dealkylation sites (tertiary alicyclic amines) is 1. The van der Waals surface area contributed by atoms with Gasteiger partial charge in [-0.2, -0.15) is 0 Å². The Morgan fingerprint density at radius 3 is 3.05 bits per heavy atom. The number of hydrogen-bond donors (Lipinski definition) is 1. The van der Waals surface area contributed by atoms with Gasteiger partial charge in [-0.25, -0.2) is 9.78 Å². The topological polar surface area (TPSA) is 54.5 Å². The first-order chi connectivity index (χ1) is 9.11. The summed E-state index contributed by atoms with van der Waals surface area (Å²) >= 11 is 1.51. The second-order valence-electron chi connectivity index (χ2n) is 4.80. The van der Waals surface area contributed by atoms with Gasteiger partial charge in [0.25, 0.3) is 0 Å². The van der Waals surface area contributed by atoms with Crippen LogP contribution in [-0.2, 0) is 4.74 Å². The highest BCUT2D eigenvalue weighted by molar-refractivity contribution is 7.15. The molecule has 0 spiro atoms. The summed E-state index contributed by atoms with van der Waals surface area (Å²) in [5.74, 6) is -0.331. The minimum absolute atomic E-state index is 0.331. The molecule has 1 aromatic rings. The molecule has 6 heteroatoms. The van der Waals surface area contributed by atoms with Crippen molar-refractivity contribution in [3.05, 3.63) is 10.6 Å². The number of aromatic nitrogens is 1. The molecule has 0 saturated carbocycles. The predicted molar refractivity (Wildman–Crippen MR) is 76.9 cm³/mol. The zero-order valence-corrected chi connectivity index (χ0v) is 12.5. The third kappa shape index (κ3) is 3.45. The van der Waals surface area contributed by atoms with Gasteiger partial charge in [-0.3, -0.25) is 0 Å². The molecule has 1 unspecified atom stereocenters. The Balaban J connectivity index is 1.94. The average Bonchev–Trinajstić information content (AvgIpc) is 2.93. The van der Waals surface area contributed by atoms with Crippen molar-refractivity contribution in [1.29, 1.82) is 0 Å². The summed E-state index contributed by atoms with van der Waals surface area (Å²) < 4.78 is 4.99. The van der Waals surface area contributed by atoms with Crippen molar-refractivity contribution in [3.63, 3.8) is 0 Å². The van der Waals surface area contributed by atoms with Crippen LogP contribution in [0.3, 0.4) is 0 Å². The van der Waals surface area contributed by atoms with Gasteiger partial charge >= 0.3 is 5.97 Å². The summed E-state index contributed by atoms with van der Waals surface area (Å²) in [7, 11) is 2.15. The molecular formula is C13H21N3O2S. The van der Waals surface area contributed by atoms with Crippen LogP contribution in [0.25, 0.3) is 0 Å². The van der Waals surface area contributed by atoms with E-state index in [2.05, 4.69) is 22.2 Å². The van der Waals surface area contributed by atoms with Crippen LogP contribution in [-0.4, -0.2) is 48.6 Å². The third-order valence-corrected chi connectivity index (χ3v) is 4.35. The summed E-state index contributed by atoms with van der Waals surface area (Å²) in [6.07, 6.45) is 2.48. The number of hydrogen-bond acceptors (Lipinski definition) is 6. The fourth-order valence-corrected chi connectivity index (χ4v) is 3.11. The van der Waals surface area contributed by atoms with Crippen LogP contribution in [0.1, 0.15) is 35.1 Å². The van der Waals surface area contributed by atoms with Crippen molar-refractivity contribution >= 4 is 22.4 Å². The van der Waals surface area contributed by atoms with Gasteiger partial charge in [0.2, 0.25) is 0 Å². The second-order valence-corrected chi connectivity index (χ2v) is 6.01. The highest BCUT2D eigenvalue weighted by atomic mass is 32.1. The summed E-state index contributed by atoms with van der Waals surface area (Å²) in [6, 6.07) is 0.565. The van der Waals surface area contributed by atoms with Crippen LogP contribution in [0.2, 0.25) is 0 Å². The first-order valence-corrected chi connectivity index (χ1v) is 7.52. The van der Waals surface area contributed by atoms with Gasteiger partial charge in [0.05, 0.1) is 6.61 Å². The molecule has 106 valence electrons. The molecule has 1 aromatic heterocycles. The maximum atomic E-state index is 11.7. The lowest BCUT2D eigenvalue weighted by Gasteiger charge is -2.19. The monoisotopic (exact) mass is 283 g/mol. The Kier molecular flexibility index (Phi) is 4.76. The molecule has 1 atom stereocenters. The zero-order chi connectivity index (χ0) is 13.8. The number of esters is 1. The standard InChI is InChI=1S/C13H21N3O2S/c1-4-18-12(17)11-9(2)19-13(15-11)14-8-10-6-5-7-16(10)3/h10H,4-8H2,1-3H3,(H,14,15). The Hall–Kier alpha value is -1.14. The van der Waals surface area contributed by atoms with Crippen LogP contribution in [0, 0.1) is 6.92 Å². The van der Waals surface area contributed by atoms with Gasteiger partial charge in [0, 0.05) is 17.5 Å². The van der Waals surface area contributed by atoms with E-state index in [0.717, 1.165) is 23.1 Å². The largest absolute Gasteiger partial charge is 0.461 e. The van der Waals surface area contributed by atoms with Gasteiger partial charge in [-0.1, -0.05) is 0 Å². The predicted octanol–water partition coefficient (Wildman–Crippen LogP) is 2.13. The molecule has 1 fully saturated rings. The summed E-state index contributed by atoms with van der Waals surface area (Å²) in [5.41, 5.74) is 0.439. The number of nitrogens with zero attached hydrogens (tertiary/aromatic N) is 2. The zero-order valence-electron chi connectivity index (χ0n) is 11.7. The van der Waals surface area contributed by atoms with E-state index in [-0.39, 0.29) is 5.97 Å². The van der Waals surface area contributed by atoms with Crippen LogP contribution in [0.4, 0.5) is 5.13 Å². The SMILES string of the molecule is CCOC(=O)c1nc(NCC2CCCN2C)sc1C. The molecule has 1 aliphatic rings. The molecule has 1 N–H and O–H groups in total. The summed E-state index contributed by atoms with van der Waals surface area (Å²) in [5, 5.41) is 4.14. The molecule has 0 aromatic carbocycles. The van der Waals surface area contributed by atoms with Crippen molar-refractivity contribution < 1.29 is 9.53 Å². The van der Waals surface area contributed by atoms with Gasteiger partial charge in [0.15, 0.2) is 10.8 Å². The number of anilines is 1. The van der Waals surface area contributed by atoms with Gasteiger partial charge < -0.3 is 15.0 Å². The molecule has 2 rings (SSSR count). The first kappa shape index (κ1) is 14.3. The molecule has 0 aliphatic carbocycles. The van der Waals surface area contributed by atoms with Crippen LogP contribution < -0.4 is 5.32 Å². The molecule has 5 nitrogen and oxygen atoms in total. The average molecular weight is 283 g/mol. The lowest BCUT2D eigenvalue weighted by atomic mass is 10.2. The smallest absolute Gasteiger partial charge is 0.358 e. The fourth-order valence-electron chi connectivity index (χ4n) is 2.30. The normalized spacial score (nSPS) is 19.6. The second kappa shape index (κ2) is 6.34. The number of carbonyl (C=O) groups excluding carboxylic acids is 1. The Bertz CT molecular complexity index is 447. The minimum atomic E-state index is -0.331. The van der Waals surface area contributed by atoms with Crippen molar-refractivity contribution in [3.8, 4) is 0 Å². The highest BCUT2D eigenvalue weighted by Gasteiger charge is 2.21. The van der Waals surface area contributed by atoms with Crippen LogP contribution >= 0.6 is 11.3 Å². The van der Waals surface area contributed by atoms with Gasteiger partial charge in [-0.15, -0.1) is 11.3 Å². The Morgan fingerprint density at radius 1 is 1.63 bits per heavy atom. The number of thiazole rings is 1. The minimum Gasteiger partial charge on any atom is -0.461 e. The Labute approximate surface area is 118 Å². The van der Waals surface area contributed by atoms with E-state index in [1.165, 1.54) is 24.2 Å².